The van der Waals surface area contributed by atoms with Gasteiger partial charge in [-0.05, 0) is 55.2 Å². The first-order valence-corrected chi connectivity index (χ1v) is 9.44. The van der Waals surface area contributed by atoms with E-state index in [-0.39, 0.29) is 11.3 Å². The summed E-state index contributed by atoms with van der Waals surface area (Å²) in [5.41, 5.74) is 5.94. The Bertz CT molecular complexity index is 1100. The van der Waals surface area contributed by atoms with Crippen molar-refractivity contribution >= 4 is 11.6 Å². The number of aryl methyl sites for hydroxylation is 2. The average Bonchev–Trinajstić information content (AvgIpc) is 2.69. The molecule has 0 aliphatic heterocycles. The van der Waals surface area contributed by atoms with Gasteiger partial charge in [0.2, 0.25) is 0 Å². The number of nitrogens with one attached hydrogen (secondary N) is 1. The third-order valence-corrected chi connectivity index (χ3v) is 4.76. The molecule has 2 heterocycles. The van der Waals surface area contributed by atoms with Crippen LogP contribution in [0.5, 0.6) is 0 Å². The molecule has 3 rings (SSSR count). The van der Waals surface area contributed by atoms with Gasteiger partial charge < -0.3 is 5.32 Å². The van der Waals surface area contributed by atoms with Crippen LogP contribution in [0.25, 0.3) is 11.1 Å². The number of benzene rings is 1. The van der Waals surface area contributed by atoms with E-state index in [1.807, 2.05) is 44.2 Å². The summed E-state index contributed by atoms with van der Waals surface area (Å²) in [5.74, 6) is -0.272. The second kappa shape index (κ2) is 7.84. The number of amides is 1. The van der Waals surface area contributed by atoms with Gasteiger partial charge in [0.1, 0.15) is 0 Å². The molecule has 0 bridgehead atoms. The summed E-state index contributed by atoms with van der Waals surface area (Å²) in [6.45, 7) is 10.0. The second-order valence-corrected chi connectivity index (χ2v) is 8.16. The number of nitriles is 1. The molecule has 0 saturated heterocycles. The van der Waals surface area contributed by atoms with E-state index in [1.165, 1.54) is 0 Å². The molecular weight excluding hydrogens is 360 g/mol. The average molecular weight is 384 g/mol. The number of rotatable bonds is 3. The van der Waals surface area contributed by atoms with E-state index in [1.54, 1.807) is 18.5 Å². The lowest BCUT2D eigenvalue weighted by atomic mass is 9.85. The van der Waals surface area contributed by atoms with E-state index >= 15 is 0 Å². The largest absolute Gasteiger partial charge is 0.321 e. The van der Waals surface area contributed by atoms with Crippen molar-refractivity contribution in [1.82, 2.24) is 9.97 Å². The molecule has 0 spiro atoms. The lowest BCUT2D eigenvalue weighted by Gasteiger charge is -2.20. The van der Waals surface area contributed by atoms with Crippen LogP contribution >= 0.6 is 0 Å². The van der Waals surface area contributed by atoms with E-state index in [0.29, 0.717) is 16.8 Å². The maximum absolute atomic E-state index is 12.9. The fraction of sp³-hybridized carbons (Fsp3) is 0.250. The van der Waals surface area contributed by atoms with Crippen molar-refractivity contribution in [3.8, 4) is 17.2 Å². The van der Waals surface area contributed by atoms with Gasteiger partial charge >= 0.3 is 0 Å². The van der Waals surface area contributed by atoms with Crippen molar-refractivity contribution in [2.24, 2.45) is 0 Å². The topological polar surface area (TPSA) is 78.7 Å². The lowest BCUT2D eigenvalue weighted by molar-refractivity contribution is 0.102. The van der Waals surface area contributed by atoms with Gasteiger partial charge in [0.05, 0.1) is 23.5 Å². The van der Waals surface area contributed by atoms with Crippen LogP contribution in [0.3, 0.4) is 0 Å². The van der Waals surface area contributed by atoms with Gasteiger partial charge in [0.15, 0.2) is 0 Å². The molecule has 0 aliphatic carbocycles. The van der Waals surface area contributed by atoms with Gasteiger partial charge in [-0.2, -0.15) is 5.26 Å². The molecule has 0 fully saturated rings. The van der Waals surface area contributed by atoms with Crippen LogP contribution in [0.4, 0.5) is 5.69 Å². The maximum Gasteiger partial charge on any atom is 0.255 e. The second-order valence-electron chi connectivity index (χ2n) is 8.16. The zero-order valence-corrected chi connectivity index (χ0v) is 17.4. The van der Waals surface area contributed by atoms with E-state index < -0.39 is 0 Å². The highest BCUT2D eigenvalue weighted by atomic mass is 16.1. The van der Waals surface area contributed by atoms with Crippen LogP contribution in [-0.4, -0.2) is 15.9 Å². The monoisotopic (exact) mass is 384 g/mol. The maximum atomic E-state index is 12.9. The molecular formula is C24H24N4O. The normalized spacial score (nSPS) is 11.0. The highest BCUT2D eigenvalue weighted by Crippen LogP contribution is 2.27. The first-order chi connectivity index (χ1) is 13.7. The minimum Gasteiger partial charge on any atom is -0.321 e. The van der Waals surface area contributed by atoms with Gasteiger partial charge in [0.25, 0.3) is 5.91 Å². The number of anilines is 1. The van der Waals surface area contributed by atoms with Crippen molar-refractivity contribution in [1.29, 1.82) is 5.26 Å². The standard InChI is InChI=1S/C24H24N4O/c1-15-6-7-18(13-26-15)22-11-21(14-27-16(22)2)28-23(29)19-8-17(12-25)9-20(10-19)24(3,4)5/h6-11,13-14H,1-5H3,(H,28,29). The Morgan fingerprint density at radius 1 is 1.03 bits per heavy atom. The van der Waals surface area contributed by atoms with Gasteiger partial charge in [0, 0.05) is 34.3 Å². The quantitative estimate of drug-likeness (QED) is 0.675. The van der Waals surface area contributed by atoms with E-state index in [4.69, 9.17) is 0 Å². The van der Waals surface area contributed by atoms with E-state index in [0.717, 1.165) is 28.1 Å². The molecule has 0 saturated carbocycles. The van der Waals surface area contributed by atoms with E-state index in [2.05, 4.69) is 42.1 Å². The summed E-state index contributed by atoms with van der Waals surface area (Å²) in [5, 5.41) is 12.2. The lowest BCUT2D eigenvalue weighted by Crippen LogP contribution is -2.16. The minimum atomic E-state index is -0.272. The fourth-order valence-electron chi connectivity index (χ4n) is 2.98. The molecule has 1 aromatic carbocycles. The van der Waals surface area contributed by atoms with Gasteiger partial charge in [-0.3, -0.25) is 14.8 Å². The highest BCUT2D eigenvalue weighted by molar-refractivity contribution is 6.04. The van der Waals surface area contributed by atoms with Gasteiger partial charge in [-0.1, -0.05) is 26.8 Å². The number of carbonyl (C=O) groups excluding carboxylic acids is 1. The SMILES string of the molecule is Cc1ccc(-c2cc(NC(=O)c3cc(C#N)cc(C(C)(C)C)c3)cnc2C)cn1. The van der Waals surface area contributed by atoms with Crippen molar-refractivity contribution in [3.63, 3.8) is 0 Å². The zero-order chi connectivity index (χ0) is 21.2. The Kier molecular flexibility index (Phi) is 5.47. The molecule has 0 atom stereocenters. The molecule has 1 amide bonds. The van der Waals surface area contributed by atoms with Crippen LogP contribution in [0.1, 0.15) is 53.6 Å². The van der Waals surface area contributed by atoms with Crippen LogP contribution in [0.15, 0.2) is 48.8 Å². The third kappa shape index (κ3) is 4.67. The van der Waals surface area contributed by atoms with Gasteiger partial charge in [-0.25, -0.2) is 0 Å². The molecule has 146 valence electrons. The molecule has 0 unspecified atom stereocenters. The summed E-state index contributed by atoms with van der Waals surface area (Å²) in [6, 6.07) is 13.2. The predicted molar refractivity (Wildman–Crippen MR) is 115 cm³/mol. The summed E-state index contributed by atoms with van der Waals surface area (Å²) in [4.78, 5) is 21.6. The summed E-state index contributed by atoms with van der Waals surface area (Å²) in [7, 11) is 0. The van der Waals surface area contributed by atoms with Crippen LogP contribution in [0, 0.1) is 25.2 Å². The Balaban J connectivity index is 1.93. The number of hydrogen-bond donors (Lipinski definition) is 1. The number of nitrogens with zero attached hydrogens (tertiary/aromatic N) is 3. The fourth-order valence-corrected chi connectivity index (χ4v) is 2.98. The summed E-state index contributed by atoms with van der Waals surface area (Å²) in [6.07, 6.45) is 3.44. The number of carbonyl (C=O) groups is 1. The number of hydrogen-bond acceptors (Lipinski definition) is 4. The molecule has 1 N–H and O–H groups in total. The van der Waals surface area contributed by atoms with Crippen LogP contribution in [-0.2, 0) is 5.41 Å². The Morgan fingerprint density at radius 2 is 1.79 bits per heavy atom. The minimum absolute atomic E-state index is 0.168. The molecule has 3 aromatic rings. The van der Waals surface area contributed by atoms with Crippen molar-refractivity contribution in [2.75, 3.05) is 5.32 Å². The Morgan fingerprint density at radius 3 is 2.41 bits per heavy atom. The molecule has 0 aliphatic rings. The Labute approximate surface area is 171 Å². The van der Waals surface area contributed by atoms with Crippen LogP contribution < -0.4 is 5.32 Å². The smallest absolute Gasteiger partial charge is 0.255 e. The van der Waals surface area contributed by atoms with Crippen molar-refractivity contribution in [2.45, 2.75) is 40.0 Å². The van der Waals surface area contributed by atoms with Crippen LogP contribution in [0.2, 0.25) is 0 Å². The predicted octanol–water partition coefficient (Wildman–Crippen LogP) is 5.18. The van der Waals surface area contributed by atoms with Gasteiger partial charge in [-0.15, -0.1) is 0 Å². The van der Waals surface area contributed by atoms with E-state index in [9.17, 15) is 10.1 Å². The number of pyridine rings is 2. The van der Waals surface area contributed by atoms with Crippen molar-refractivity contribution in [3.05, 3.63) is 76.9 Å². The molecule has 5 nitrogen and oxygen atoms in total. The summed E-state index contributed by atoms with van der Waals surface area (Å²) >= 11 is 0. The molecule has 5 heteroatoms. The molecule has 29 heavy (non-hydrogen) atoms. The summed E-state index contributed by atoms with van der Waals surface area (Å²) < 4.78 is 0. The number of aromatic nitrogens is 2. The first kappa shape index (κ1) is 20.2. The van der Waals surface area contributed by atoms with Crippen molar-refractivity contribution < 1.29 is 4.79 Å². The third-order valence-electron chi connectivity index (χ3n) is 4.76. The highest BCUT2D eigenvalue weighted by Gasteiger charge is 2.18. The Hall–Kier alpha value is -3.52. The molecule has 2 aromatic heterocycles. The molecule has 0 radical (unpaired) electrons. The first-order valence-electron chi connectivity index (χ1n) is 9.44. The zero-order valence-electron chi connectivity index (χ0n) is 17.4.